The Labute approximate surface area is 187 Å². The summed E-state index contributed by atoms with van der Waals surface area (Å²) in [6.07, 6.45) is 7.80. The van der Waals surface area contributed by atoms with Crippen LogP contribution in [-0.2, 0) is 13.0 Å². The maximum atomic E-state index is 6.13. The monoisotopic (exact) mass is 503 g/mol. The van der Waals surface area contributed by atoms with Crippen LogP contribution in [0.3, 0.4) is 0 Å². The maximum Gasteiger partial charge on any atom is 0.0539 e. The quantitative estimate of drug-likeness (QED) is 0.389. The molecule has 146 valence electrons. The minimum Gasteiger partial charge on any atom is -0.381 e. The SMILES string of the molecule is C=C(NCc1ccc(Cl)c(I)c1)C1=C(CCc2cccc(C)c2)CC(C)C=C1. The normalized spacial score (nSPS) is 16.4. The number of aryl methyl sites for hydroxylation is 2. The van der Waals surface area contributed by atoms with Crippen molar-refractivity contribution in [2.45, 2.75) is 39.7 Å². The number of benzene rings is 2. The second-order valence-electron chi connectivity index (χ2n) is 7.63. The van der Waals surface area contributed by atoms with E-state index in [1.165, 1.54) is 27.8 Å². The van der Waals surface area contributed by atoms with Gasteiger partial charge in [-0.25, -0.2) is 0 Å². The molecule has 0 bridgehead atoms. The Kier molecular flexibility index (Phi) is 7.42. The summed E-state index contributed by atoms with van der Waals surface area (Å²) >= 11 is 8.40. The topological polar surface area (TPSA) is 12.0 Å². The molecule has 1 unspecified atom stereocenters. The summed E-state index contributed by atoms with van der Waals surface area (Å²) < 4.78 is 1.08. The van der Waals surface area contributed by atoms with Gasteiger partial charge in [0.25, 0.3) is 0 Å². The molecule has 0 radical (unpaired) electrons. The molecule has 0 amide bonds. The Morgan fingerprint density at radius 3 is 2.75 bits per heavy atom. The van der Waals surface area contributed by atoms with Crippen molar-refractivity contribution in [1.82, 2.24) is 5.32 Å². The average Bonchev–Trinajstić information content (AvgIpc) is 2.67. The predicted octanol–water partition coefficient (Wildman–Crippen LogP) is 7.38. The highest BCUT2D eigenvalue weighted by Gasteiger charge is 2.15. The van der Waals surface area contributed by atoms with E-state index in [2.05, 4.69) is 96.9 Å². The van der Waals surface area contributed by atoms with Gasteiger partial charge in [0.2, 0.25) is 0 Å². The number of hydrogen-bond donors (Lipinski definition) is 1. The van der Waals surface area contributed by atoms with Crippen molar-refractivity contribution >= 4 is 34.2 Å². The van der Waals surface area contributed by atoms with Gasteiger partial charge in [-0.3, -0.25) is 0 Å². The summed E-state index contributed by atoms with van der Waals surface area (Å²) in [6, 6.07) is 15.0. The van der Waals surface area contributed by atoms with Crippen molar-refractivity contribution < 1.29 is 0 Å². The van der Waals surface area contributed by atoms with Gasteiger partial charge in [-0.1, -0.05) is 78.7 Å². The van der Waals surface area contributed by atoms with E-state index in [0.717, 1.165) is 40.1 Å². The summed E-state index contributed by atoms with van der Waals surface area (Å²) in [5.74, 6) is 0.585. The smallest absolute Gasteiger partial charge is 0.0539 e. The van der Waals surface area contributed by atoms with E-state index in [1.807, 2.05) is 6.07 Å². The number of rotatable bonds is 7. The van der Waals surface area contributed by atoms with Crippen LogP contribution >= 0.6 is 34.2 Å². The lowest BCUT2D eigenvalue weighted by Gasteiger charge is -2.23. The molecule has 1 N–H and O–H groups in total. The Bertz CT molecular complexity index is 926. The fourth-order valence-corrected chi connectivity index (χ4v) is 4.31. The van der Waals surface area contributed by atoms with Gasteiger partial charge in [-0.05, 0) is 83.5 Å². The van der Waals surface area contributed by atoms with Gasteiger partial charge < -0.3 is 5.32 Å². The van der Waals surface area contributed by atoms with E-state index >= 15 is 0 Å². The summed E-state index contributed by atoms with van der Waals surface area (Å²) in [4.78, 5) is 0. The lowest BCUT2D eigenvalue weighted by atomic mass is 9.86. The first-order valence-corrected chi connectivity index (χ1v) is 11.2. The number of nitrogens with one attached hydrogen (secondary N) is 1. The predicted molar refractivity (Wildman–Crippen MR) is 130 cm³/mol. The van der Waals surface area contributed by atoms with Crippen LogP contribution in [0.4, 0.5) is 0 Å². The molecule has 2 aromatic carbocycles. The van der Waals surface area contributed by atoms with Crippen molar-refractivity contribution in [3.05, 3.63) is 103 Å². The lowest BCUT2D eigenvalue weighted by molar-refractivity contribution is 0.666. The fraction of sp³-hybridized carbons (Fsp3) is 0.280. The van der Waals surface area contributed by atoms with E-state index in [0.29, 0.717) is 5.92 Å². The third-order valence-corrected chi connectivity index (χ3v) is 6.69. The first kappa shape index (κ1) is 21.2. The largest absolute Gasteiger partial charge is 0.381 e. The molecule has 0 saturated heterocycles. The number of allylic oxidation sites excluding steroid dienone is 3. The van der Waals surface area contributed by atoms with Gasteiger partial charge in [0.05, 0.1) is 5.02 Å². The molecular formula is C25H27ClIN. The molecule has 1 nitrogen and oxygen atoms in total. The van der Waals surface area contributed by atoms with Crippen LogP contribution in [0.1, 0.15) is 36.5 Å². The van der Waals surface area contributed by atoms with E-state index < -0.39 is 0 Å². The molecule has 3 rings (SSSR count). The van der Waals surface area contributed by atoms with Crippen molar-refractivity contribution in [1.29, 1.82) is 0 Å². The summed E-state index contributed by atoms with van der Waals surface area (Å²) in [7, 11) is 0. The zero-order valence-corrected chi connectivity index (χ0v) is 19.5. The Balaban J connectivity index is 1.69. The molecule has 3 heteroatoms. The van der Waals surface area contributed by atoms with Crippen molar-refractivity contribution in [3.8, 4) is 0 Å². The summed E-state index contributed by atoms with van der Waals surface area (Å²) in [6.45, 7) is 9.52. The molecule has 0 fully saturated rings. The Morgan fingerprint density at radius 2 is 2.00 bits per heavy atom. The number of hydrogen-bond acceptors (Lipinski definition) is 1. The average molecular weight is 504 g/mol. The molecule has 0 aromatic heterocycles. The van der Waals surface area contributed by atoms with Gasteiger partial charge in [-0.15, -0.1) is 0 Å². The molecule has 0 heterocycles. The molecule has 28 heavy (non-hydrogen) atoms. The second kappa shape index (κ2) is 9.80. The van der Waals surface area contributed by atoms with Gasteiger partial charge in [-0.2, -0.15) is 0 Å². The second-order valence-corrected chi connectivity index (χ2v) is 9.20. The number of halogens is 2. The maximum absolute atomic E-state index is 6.13. The van der Waals surface area contributed by atoms with Gasteiger partial charge in [0, 0.05) is 15.8 Å². The molecule has 1 aliphatic carbocycles. The minimum atomic E-state index is 0.585. The first-order chi connectivity index (χ1) is 13.4. The van der Waals surface area contributed by atoms with E-state index in [1.54, 1.807) is 0 Å². The highest BCUT2D eigenvalue weighted by Crippen LogP contribution is 2.30. The fourth-order valence-electron chi connectivity index (χ4n) is 3.61. The Morgan fingerprint density at radius 1 is 1.18 bits per heavy atom. The van der Waals surface area contributed by atoms with Crippen molar-refractivity contribution in [3.63, 3.8) is 0 Å². The summed E-state index contributed by atoms with van der Waals surface area (Å²) in [5.41, 5.74) is 7.72. The first-order valence-electron chi connectivity index (χ1n) is 9.75. The van der Waals surface area contributed by atoms with Crippen molar-refractivity contribution in [2.75, 3.05) is 0 Å². The molecule has 1 atom stereocenters. The standard InChI is InChI=1S/C25H27ClIN/c1-17-5-4-6-20(13-17)8-10-22-14-18(2)7-11-23(22)19(3)28-16-21-9-12-24(26)25(27)15-21/h4-7,9,11-13,15,18,28H,3,8,10,14,16H2,1-2H3. The van der Waals surface area contributed by atoms with E-state index in [9.17, 15) is 0 Å². The molecule has 0 saturated carbocycles. The molecule has 0 aliphatic heterocycles. The van der Waals surface area contributed by atoms with Crippen LogP contribution in [0.2, 0.25) is 5.02 Å². The van der Waals surface area contributed by atoms with E-state index in [4.69, 9.17) is 11.6 Å². The van der Waals surface area contributed by atoms with Crippen LogP contribution in [-0.4, -0.2) is 0 Å². The minimum absolute atomic E-state index is 0.585. The zero-order chi connectivity index (χ0) is 20.1. The van der Waals surface area contributed by atoms with Crippen LogP contribution in [0.15, 0.2) is 78.0 Å². The van der Waals surface area contributed by atoms with E-state index in [-0.39, 0.29) is 0 Å². The molecule has 1 aliphatic rings. The summed E-state index contributed by atoms with van der Waals surface area (Å²) in [5, 5.41) is 4.32. The molecular weight excluding hydrogens is 477 g/mol. The van der Waals surface area contributed by atoms with Gasteiger partial charge >= 0.3 is 0 Å². The molecule has 2 aromatic rings. The van der Waals surface area contributed by atoms with Gasteiger partial charge in [0.15, 0.2) is 0 Å². The Hall–Kier alpha value is -1.52. The van der Waals surface area contributed by atoms with Crippen LogP contribution in [0.5, 0.6) is 0 Å². The van der Waals surface area contributed by atoms with Gasteiger partial charge in [0.1, 0.15) is 0 Å². The van der Waals surface area contributed by atoms with Crippen LogP contribution < -0.4 is 5.32 Å². The van der Waals surface area contributed by atoms with Crippen LogP contribution in [0.25, 0.3) is 0 Å². The van der Waals surface area contributed by atoms with Crippen molar-refractivity contribution in [2.24, 2.45) is 5.92 Å². The van der Waals surface area contributed by atoms with Crippen LogP contribution in [0, 0.1) is 16.4 Å². The zero-order valence-electron chi connectivity index (χ0n) is 16.6. The lowest BCUT2D eigenvalue weighted by Crippen LogP contribution is -2.16. The third-order valence-electron chi connectivity index (χ3n) is 5.15. The highest BCUT2D eigenvalue weighted by molar-refractivity contribution is 14.1. The highest BCUT2D eigenvalue weighted by atomic mass is 127. The third kappa shape index (κ3) is 5.74. The molecule has 0 spiro atoms.